The minimum atomic E-state index is -4.62. The molecule has 1 aromatic heterocycles. The average molecular weight is 421 g/mol. The summed E-state index contributed by atoms with van der Waals surface area (Å²) in [6.45, 7) is 5.21. The van der Waals surface area contributed by atoms with Gasteiger partial charge >= 0.3 is 6.18 Å². The molecule has 0 spiro atoms. The molecule has 0 atom stereocenters. The fraction of sp³-hybridized carbons (Fsp3) is 0.300. The number of anilines is 1. The molecule has 6 nitrogen and oxygen atoms in total. The van der Waals surface area contributed by atoms with Crippen LogP contribution in [0, 0.1) is 5.82 Å². The molecule has 0 radical (unpaired) electrons. The lowest BCUT2D eigenvalue weighted by Crippen LogP contribution is -2.18. The number of carbonyl (C=O) groups excluding carboxylic acids is 1. The van der Waals surface area contributed by atoms with Crippen LogP contribution >= 0.6 is 0 Å². The summed E-state index contributed by atoms with van der Waals surface area (Å²) in [5, 5.41) is 6.05. The van der Waals surface area contributed by atoms with Gasteiger partial charge in [-0.15, -0.1) is 0 Å². The Morgan fingerprint density at radius 3 is 2.60 bits per heavy atom. The highest BCUT2D eigenvalue weighted by Gasteiger charge is 2.38. The summed E-state index contributed by atoms with van der Waals surface area (Å²) in [6, 6.07) is 4.64. The number of amides is 1. The molecule has 30 heavy (non-hydrogen) atoms. The Bertz CT molecular complexity index is 1050. The number of aliphatic imine (C=N–C) groups is 2. The number of hydrogen-bond acceptors (Lipinski definition) is 3. The van der Waals surface area contributed by atoms with E-state index in [2.05, 4.69) is 27.0 Å². The van der Waals surface area contributed by atoms with Gasteiger partial charge in [-0.05, 0) is 44.0 Å². The van der Waals surface area contributed by atoms with Crippen molar-refractivity contribution in [2.75, 3.05) is 12.4 Å². The van der Waals surface area contributed by atoms with Crippen LogP contribution in [0.4, 0.5) is 23.2 Å². The second kappa shape index (κ2) is 8.21. The van der Waals surface area contributed by atoms with Crippen LogP contribution in [0.25, 0.3) is 5.69 Å². The van der Waals surface area contributed by atoms with E-state index in [4.69, 9.17) is 0 Å². The molecule has 10 heteroatoms. The Labute approximate surface area is 170 Å². The molecule has 158 valence electrons. The first kappa shape index (κ1) is 21.4. The van der Waals surface area contributed by atoms with Crippen LogP contribution in [0.15, 0.2) is 46.4 Å². The normalized spacial score (nSPS) is 14.9. The maximum Gasteiger partial charge on any atom is 0.435 e. The van der Waals surface area contributed by atoms with Crippen molar-refractivity contribution >= 4 is 23.6 Å². The van der Waals surface area contributed by atoms with E-state index in [-0.39, 0.29) is 22.9 Å². The predicted molar refractivity (Wildman–Crippen MR) is 106 cm³/mol. The maximum atomic E-state index is 14.7. The number of hydrogen-bond donors (Lipinski definition) is 1. The SMILES string of the molecule is C=C(C(=O)Nc1ccc(-n2nc(C(F)(F)F)cc2C2CC2)c(F)c1)/C(C)=N\C=N/C. The van der Waals surface area contributed by atoms with E-state index < -0.39 is 23.6 Å². The van der Waals surface area contributed by atoms with E-state index >= 15 is 0 Å². The summed E-state index contributed by atoms with van der Waals surface area (Å²) in [4.78, 5) is 19.8. The highest BCUT2D eigenvalue weighted by molar-refractivity contribution is 6.25. The number of aromatic nitrogens is 2. The Balaban J connectivity index is 1.85. The highest BCUT2D eigenvalue weighted by atomic mass is 19.4. The molecule has 1 aliphatic carbocycles. The number of nitrogens with one attached hydrogen (secondary N) is 1. The molecular formula is C20H19F4N5O. The molecule has 1 fully saturated rings. The first-order valence-corrected chi connectivity index (χ1v) is 9.04. The smallest absolute Gasteiger partial charge is 0.322 e. The quantitative estimate of drug-likeness (QED) is 0.322. The molecule has 1 saturated carbocycles. The van der Waals surface area contributed by atoms with Crippen molar-refractivity contribution in [2.45, 2.75) is 31.9 Å². The molecule has 3 rings (SSSR count). The van der Waals surface area contributed by atoms with Gasteiger partial charge < -0.3 is 5.32 Å². The van der Waals surface area contributed by atoms with Gasteiger partial charge in [-0.2, -0.15) is 18.3 Å². The average Bonchev–Trinajstić information content (AvgIpc) is 3.43. The molecule has 1 amide bonds. The molecule has 1 aromatic carbocycles. The highest BCUT2D eigenvalue weighted by Crippen LogP contribution is 2.43. The fourth-order valence-electron chi connectivity index (χ4n) is 2.75. The van der Waals surface area contributed by atoms with Crippen molar-refractivity contribution < 1.29 is 22.4 Å². The molecule has 0 bridgehead atoms. The van der Waals surface area contributed by atoms with Crippen molar-refractivity contribution in [1.82, 2.24) is 9.78 Å². The zero-order valence-corrected chi connectivity index (χ0v) is 16.3. The van der Waals surface area contributed by atoms with Crippen molar-refractivity contribution in [3.8, 4) is 5.69 Å². The summed E-state index contributed by atoms with van der Waals surface area (Å²) >= 11 is 0. The Hall–Kier alpha value is -3.30. The maximum absolute atomic E-state index is 14.7. The Kier molecular flexibility index (Phi) is 5.86. The summed E-state index contributed by atoms with van der Waals surface area (Å²) in [7, 11) is 1.52. The zero-order chi connectivity index (χ0) is 22.1. The number of halogens is 4. The third-order valence-corrected chi connectivity index (χ3v) is 4.53. The number of carbonyl (C=O) groups is 1. The Morgan fingerprint density at radius 2 is 2.03 bits per heavy atom. The lowest BCUT2D eigenvalue weighted by molar-refractivity contribution is -0.141. The van der Waals surface area contributed by atoms with Gasteiger partial charge in [0.1, 0.15) is 12.0 Å². The number of benzene rings is 1. The van der Waals surface area contributed by atoms with Crippen LogP contribution in [-0.2, 0) is 11.0 Å². The predicted octanol–water partition coefficient (Wildman–Crippen LogP) is 4.52. The minimum absolute atomic E-state index is 0.0669. The second-order valence-electron chi connectivity index (χ2n) is 6.83. The van der Waals surface area contributed by atoms with E-state index in [0.717, 1.165) is 29.7 Å². The monoisotopic (exact) mass is 421 g/mol. The van der Waals surface area contributed by atoms with Gasteiger partial charge in [-0.1, -0.05) is 6.58 Å². The van der Waals surface area contributed by atoms with Crippen molar-refractivity contribution in [1.29, 1.82) is 0 Å². The molecule has 0 unspecified atom stereocenters. The molecule has 1 heterocycles. The van der Waals surface area contributed by atoms with E-state index in [9.17, 15) is 22.4 Å². The summed E-state index contributed by atoms with van der Waals surface area (Å²) < 4.78 is 54.9. The van der Waals surface area contributed by atoms with Gasteiger partial charge in [-0.3, -0.25) is 9.79 Å². The number of rotatable bonds is 6. The lowest BCUT2D eigenvalue weighted by Gasteiger charge is -2.11. The summed E-state index contributed by atoms with van der Waals surface area (Å²) in [5.41, 5.74) is -0.354. The molecule has 1 N–H and O–H groups in total. The molecule has 0 saturated heterocycles. The third-order valence-electron chi connectivity index (χ3n) is 4.53. The van der Waals surface area contributed by atoms with Gasteiger partial charge in [0.2, 0.25) is 0 Å². The van der Waals surface area contributed by atoms with Gasteiger partial charge in [0.15, 0.2) is 11.5 Å². The number of alkyl halides is 3. The van der Waals surface area contributed by atoms with E-state index in [0.29, 0.717) is 11.4 Å². The minimum Gasteiger partial charge on any atom is -0.322 e. The molecule has 2 aromatic rings. The van der Waals surface area contributed by atoms with Crippen molar-refractivity contribution in [3.63, 3.8) is 0 Å². The molecule has 0 aliphatic heterocycles. The first-order chi connectivity index (χ1) is 14.1. The van der Waals surface area contributed by atoms with Crippen LogP contribution < -0.4 is 5.32 Å². The van der Waals surface area contributed by atoms with Crippen LogP contribution in [-0.4, -0.2) is 34.8 Å². The third kappa shape index (κ3) is 4.64. The van der Waals surface area contributed by atoms with E-state index in [1.165, 1.54) is 25.5 Å². The zero-order valence-electron chi connectivity index (χ0n) is 16.3. The lowest BCUT2D eigenvalue weighted by atomic mass is 10.2. The molecule has 1 aliphatic rings. The standard InChI is InChI=1S/C20H19F4N5O/c1-11(12(2)26-10-25-3)19(30)27-14-6-7-16(15(21)8-14)29-17(13-4-5-13)9-18(28-29)20(22,23)24/h6-10,13H,1,4-5H2,2-3H3,(H,27,30)/b25-10-,26-12-. The van der Waals surface area contributed by atoms with E-state index in [1.807, 2.05) is 0 Å². The van der Waals surface area contributed by atoms with Gasteiger partial charge in [0.25, 0.3) is 5.91 Å². The van der Waals surface area contributed by atoms with Crippen LogP contribution in [0.5, 0.6) is 0 Å². The van der Waals surface area contributed by atoms with Crippen LogP contribution in [0.3, 0.4) is 0 Å². The Morgan fingerprint density at radius 1 is 1.33 bits per heavy atom. The summed E-state index contributed by atoms with van der Waals surface area (Å²) in [6.07, 6.45) is -1.91. The van der Waals surface area contributed by atoms with Gasteiger partial charge in [0, 0.05) is 24.3 Å². The van der Waals surface area contributed by atoms with Gasteiger partial charge in [-0.25, -0.2) is 14.1 Å². The van der Waals surface area contributed by atoms with Crippen molar-refractivity contribution in [2.24, 2.45) is 9.98 Å². The number of nitrogens with zero attached hydrogens (tertiary/aromatic N) is 4. The topological polar surface area (TPSA) is 71.6 Å². The van der Waals surface area contributed by atoms with Crippen LogP contribution in [0.1, 0.15) is 37.1 Å². The van der Waals surface area contributed by atoms with E-state index in [1.54, 1.807) is 6.92 Å². The molecular weight excluding hydrogens is 402 g/mol. The van der Waals surface area contributed by atoms with Gasteiger partial charge in [0.05, 0.1) is 11.3 Å². The van der Waals surface area contributed by atoms with Crippen LogP contribution in [0.2, 0.25) is 0 Å². The fourth-order valence-corrected chi connectivity index (χ4v) is 2.75. The largest absolute Gasteiger partial charge is 0.435 e. The first-order valence-electron chi connectivity index (χ1n) is 9.04. The van der Waals surface area contributed by atoms with Crippen molar-refractivity contribution in [3.05, 3.63) is 53.6 Å². The second-order valence-corrected chi connectivity index (χ2v) is 6.83. The summed E-state index contributed by atoms with van der Waals surface area (Å²) in [5.74, 6) is -1.49.